The van der Waals surface area contributed by atoms with Crippen molar-refractivity contribution in [3.63, 3.8) is 0 Å². The van der Waals surface area contributed by atoms with Crippen molar-refractivity contribution in [2.24, 2.45) is 0 Å². The second-order valence-corrected chi connectivity index (χ2v) is 3.81. The third-order valence-corrected chi connectivity index (χ3v) is 2.64. The van der Waals surface area contributed by atoms with Gasteiger partial charge in [0.25, 0.3) is 0 Å². The lowest BCUT2D eigenvalue weighted by molar-refractivity contribution is -0.115. The normalized spacial score (nSPS) is 13.9. The Morgan fingerprint density at radius 3 is 3.12 bits per heavy atom. The number of hydrogen-bond donors (Lipinski definition) is 1. The maximum absolute atomic E-state index is 11.5. The van der Waals surface area contributed by atoms with Crippen LogP contribution in [0.5, 0.6) is 0 Å². The fraction of sp³-hybridized carbons (Fsp3) is 0.333. The standard InChI is InChI=1S/C12H13N3O2/c1-17-5-4-15-8-12(16)14-10-6-9(7-13)2-3-11(10)15/h2-3,6H,4-5,8H2,1H3,(H,14,16). The van der Waals surface area contributed by atoms with E-state index in [1.165, 1.54) is 0 Å². The van der Waals surface area contributed by atoms with Crippen LogP contribution in [0.3, 0.4) is 0 Å². The van der Waals surface area contributed by atoms with Gasteiger partial charge in [0, 0.05) is 13.7 Å². The molecule has 1 aliphatic rings. The van der Waals surface area contributed by atoms with E-state index in [0.717, 1.165) is 5.69 Å². The number of fused-ring (bicyclic) bond motifs is 1. The smallest absolute Gasteiger partial charge is 0.243 e. The minimum absolute atomic E-state index is 0.0660. The molecule has 5 heteroatoms. The van der Waals surface area contributed by atoms with Crippen LogP contribution >= 0.6 is 0 Å². The van der Waals surface area contributed by atoms with E-state index in [4.69, 9.17) is 10.00 Å². The number of anilines is 2. The summed E-state index contributed by atoms with van der Waals surface area (Å²) in [5, 5.41) is 11.6. The number of amides is 1. The summed E-state index contributed by atoms with van der Waals surface area (Å²) >= 11 is 0. The Labute approximate surface area is 99.6 Å². The number of ether oxygens (including phenoxy) is 1. The summed E-state index contributed by atoms with van der Waals surface area (Å²) in [6.07, 6.45) is 0. The van der Waals surface area contributed by atoms with E-state index in [-0.39, 0.29) is 5.91 Å². The molecule has 1 N–H and O–H groups in total. The molecule has 0 atom stereocenters. The van der Waals surface area contributed by atoms with Crippen LogP contribution in [-0.2, 0) is 9.53 Å². The van der Waals surface area contributed by atoms with Gasteiger partial charge < -0.3 is 15.0 Å². The number of carbonyl (C=O) groups excluding carboxylic acids is 1. The van der Waals surface area contributed by atoms with Gasteiger partial charge in [-0.15, -0.1) is 0 Å². The molecule has 5 nitrogen and oxygen atoms in total. The molecule has 1 aliphatic heterocycles. The SMILES string of the molecule is COCCN1CC(=O)Nc2cc(C#N)ccc21. The van der Waals surface area contributed by atoms with Crippen LogP contribution in [0.25, 0.3) is 0 Å². The van der Waals surface area contributed by atoms with Crippen molar-refractivity contribution in [2.45, 2.75) is 0 Å². The molecule has 0 aromatic heterocycles. The molecule has 0 bridgehead atoms. The monoisotopic (exact) mass is 231 g/mol. The summed E-state index contributed by atoms with van der Waals surface area (Å²) in [7, 11) is 1.63. The largest absolute Gasteiger partial charge is 0.383 e. The van der Waals surface area contributed by atoms with Crippen LogP contribution < -0.4 is 10.2 Å². The van der Waals surface area contributed by atoms with E-state index in [0.29, 0.717) is 30.9 Å². The zero-order chi connectivity index (χ0) is 12.3. The number of hydrogen-bond acceptors (Lipinski definition) is 4. The lowest BCUT2D eigenvalue weighted by Crippen LogP contribution is -2.39. The van der Waals surface area contributed by atoms with Gasteiger partial charge in [-0.05, 0) is 18.2 Å². The Kier molecular flexibility index (Phi) is 3.26. The van der Waals surface area contributed by atoms with Gasteiger partial charge in [-0.3, -0.25) is 4.79 Å². The lowest BCUT2D eigenvalue weighted by atomic mass is 10.1. The van der Waals surface area contributed by atoms with Gasteiger partial charge in [0.2, 0.25) is 5.91 Å². The van der Waals surface area contributed by atoms with Crippen molar-refractivity contribution < 1.29 is 9.53 Å². The summed E-state index contributed by atoms with van der Waals surface area (Å²) < 4.78 is 5.01. The Bertz CT molecular complexity index is 479. The molecule has 0 saturated carbocycles. The number of carbonyl (C=O) groups is 1. The van der Waals surface area contributed by atoms with Crippen molar-refractivity contribution in [1.29, 1.82) is 5.26 Å². The van der Waals surface area contributed by atoms with Crippen molar-refractivity contribution in [3.8, 4) is 6.07 Å². The number of nitrogens with zero attached hydrogens (tertiary/aromatic N) is 2. The second-order valence-electron chi connectivity index (χ2n) is 3.81. The molecule has 0 unspecified atom stereocenters. The van der Waals surface area contributed by atoms with E-state index in [2.05, 4.69) is 11.4 Å². The van der Waals surface area contributed by atoms with Crippen LogP contribution in [0.2, 0.25) is 0 Å². The van der Waals surface area contributed by atoms with Gasteiger partial charge in [0.15, 0.2) is 0 Å². The van der Waals surface area contributed by atoms with Crippen molar-refractivity contribution in [2.75, 3.05) is 37.0 Å². The van der Waals surface area contributed by atoms with E-state index in [9.17, 15) is 4.79 Å². The van der Waals surface area contributed by atoms with Crippen molar-refractivity contribution in [3.05, 3.63) is 23.8 Å². The summed E-state index contributed by atoms with van der Waals surface area (Å²) in [6.45, 7) is 1.54. The van der Waals surface area contributed by atoms with E-state index in [1.807, 2.05) is 11.0 Å². The number of methoxy groups -OCH3 is 1. The zero-order valence-corrected chi connectivity index (χ0v) is 9.56. The highest BCUT2D eigenvalue weighted by Crippen LogP contribution is 2.29. The first-order chi connectivity index (χ1) is 8.24. The molecule has 2 rings (SSSR count). The molecular weight excluding hydrogens is 218 g/mol. The fourth-order valence-electron chi connectivity index (χ4n) is 1.83. The fourth-order valence-corrected chi connectivity index (χ4v) is 1.83. The summed E-state index contributed by atoms with van der Waals surface area (Å²) in [6, 6.07) is 7.34. The molecule has 1 amide bonds. The quantitative estimate of drug-likeness (QED) is 0.841. The molecule has 0 fully saturated rings. The predicted octanol–water partition coefficient (Wildman–Crippen LogP) is 0.963. The Balaban J connectivity index is 2.30. The van der Waals surface area contributed by atoms with Gasteiger partial charge in [0.05, 0.1) is 36.2 Å². The molecule has 0 spiro atoms. The minimum atomic E-state index is -0.0660. The van der Waals surface area contributed by atoms with Gasteiger partial charge in [0.1, 0.15) is 0 Å². The predicted molar refractivity (Wildman–Crippen MR) is 63.9 cm³/mol. The van der Waals surface area contributed by atoms with Crippen molar-refractivity contribution >= 4 is 17.3 Å². The molecule has 17 heavy (non-hydrogen) atoms. The molecule has 1 heterocycles. The third kappa shape index (κ3) is 2.37. The van der Waals surface area contributed by atoms with E-state index >= 15 is 0 Å². The second kappa shape index (κ2) is 4.85. The molecule has 0 radical (unpaired) electrons. The van der Waals surface area contributed by atoms with Crippen LogP contribution in [0, 0.1) is 11.3 Å². The minimum Gasteiger partial charge on any atom is -0.383 e. The summed E-state index contributed by atoms with van der Waals surface area (Å²) in [4.78, 5) is 13.5. The van der Waals surface area contributed by atoms with Gasteiger partial charge in [-0.1, -0.05) is 0 Å². The molecule has 0 aliphatic carbocycles. The summed E-state index contributed by atoms with van der Waals surface area (Å²) in [5.41, 5.74) is 2.16. The highest BCUT2D eigenvalue weighted by Gasteiger charge is 2.21. The van der Waals surface area contributed by atoms with E-state index < -0.39 is 0 Å². The van der Waals surface area contributed by atoms with E-state index in [1.54, 1.807) is 19.2 Å². The highest BCUT2D eigenvalue weighted by atomic mass is 16.5. The molecular formula is C12H13N3O2. The number of nitrogens with one attached hydrogen (secondary N) is 1. The highest BCUT2D eigenvalue weighted by molar-refractivity contribution is 6.01. The molecule has 88 valence electrons. The van der Waals surface area contributed by atoms with Crippen LogP contribution in [0.4, 0.5) is 11.4 Å². The number of nitriles is 1. The topological polar surface area (TPSA) is 65.4 Å². The first-order valence-electron chi connectivity index (χ1n) is 5.32. The Morgan fingerprint density at radius 1 is 1.59 bits per heavy atom. The number of rotatable bonds is 3. The first-order valence-corrected chi connectivity index (χ1v) is 5.32. The third-order valence-electron chi connectivity index (χ3n) is 2.64. The van der Waals surface area contributed by atoms with Crippen LogP contribution in [0.1, 0.15) is 5.56 Å². The zero-order valence-electron chi connectivity index (χ0n) is 9.56. The maximum atomic E-state index is 11.5. The molecule has 1 aromatic rings. The number of benzene rings is 1. The van der Waals surface area contributed by atoms with Crippen LogP contribution in [0.15, 0.2) is 18.2 Å². The van der Waals surface area contributed by atoms with Gasteiger partial charge in [-0.25, -0.2) is 0 Å². The lowest BCUT2D eigenvalue weighted by Gasteiger charge is -2.30. The van der Waals surface area contributed by atoms with Crippen LogP contribution in [-0.4, -0.2) is 32.7 Å². The Morgan fingerprint density at radius 2 is 2.41 bits per heavy atom. The van der Waals surface area contributed by atoms with Crippen molar-refractivity contribution in [1.82, 2.24) is 0 Å². The van der Waals surface area contributed by atoms with Gasteiger partial charge in [-0.2, -0.15) is 5.26 Å². The summed E-state index contributed by atoms with van der Waals surface area (Å²) in [5.74, 6) is -0.0660. The average molecular weight is 231 g/mol. The maximum Gasteiger partial charge on any atom is 0.243 e. The first kappa shape index (κ1) is 11.4. The average Bonchev–Trinajstić information content (AvgIpc) is 2.34. The molecule has 1 aromatic carbocycles. The molecule has 0 saturated heterocycles. The Hall–Kier alpha value is -2.06. The van der Waals surface area contributed by atoms with Gasteiger partial charge >= 0.3 is 0 Å².